The summed E-state index contributed by atoms with van der Waals surface area (Å²) in [5, 5.41) is 4.12. The quantitative estimate of drug-likeness (QED) is 0.390. The van der Waals surface area contributed by atoms with Crippen molar-refractivity contribution in [1.82, 2.24) is 19.8 Å². The monoisotopic (exact) mass is 486 g/mol. The highest BCUT2D eigenvalue weighted by atomic mass is 16.7. The first-order valence-electron chi connectivity index (χ1n) is 11.7. The molecule has 9 nitrogen and oxygen atoms in total. The van der Waals surface area contributed by atoms with Gasteiger partial charge in [-0.3, -0.25) is 14.9 Å². The molecular weight excluding hydrogens is 460 g/mol. The van der Waals surface area contributed by atoms with Gasteiger partial charge in [0.2, 0.25) is 6.79 Å². The largest absolute Gasteiger partial charge is 0.454 e. The molecule has 2 amide bonds. The van der Waals surface area contributed by atoms with Crippen LogP contribution in [0.5, 0.6) is 11.5 Å². The van der Waals surface area contributed by atoms with Gasteiger partial charge >= 0.3 is 0 Å². The lowest BCUT2D eigenvalue weighted by molar-refractivity contribution is -0.122. The van der Waals surface area contributed by atoms with Gasteiger partial charge in [0, 0.05) is 48.1 Å². The predicted molar refractivity (Wildman–Crippen MR) is 136 cm³/mol. The molecule has 0 saturated heterocycles. The number of likely N-dealkylation sites (N-methyl/N-ethyl adjacent to an activating group) is 1. The Morgan fingerprint density at radius 2 is 1.83 bits per heavy atom. The lowest BCUT2D eigenvalue weighted by Gasteiger charge is -2.20. The van der Waals surface area contributed by atoms with E-state index < -0.39 is 11.8 Å². The fourth-order valence-corrected chi connectivity index (χ4v) is 5.17. The Balaban J connectivity index is 1.60. The summed E-state index contributed by atoms with van der Waals surface area (Å²) in [6.07, 6.45) is 3.60. The van der Waals surface area contributed by atoms with E-state index in [9.17, 15) is 9.59 Å². The van der Waals surface area contributed by atoms with Crippen LogP contribution in [-0.2, 0) is 20.9 Å². The molecule has 4 heterocycles. The standard InChI is InChI=1S/C27H26N4O5/c1-30(2)11-15(34-3)12-31-13-18(22-20(31)8-9-21-25(22)36-14-35-21)24-23(26(32)29-27(24)33)17-10-28-19-7-5-4-6-16(17)19/h4-10,13,15,28H,11-12,14H2,1-3H3,(H,29,32,33). The van der Waals surface area contributed by atoms with E-state index in [4.69, 9.17) is 14.2 Å². The number of hydrogen-bond acceptors (Lipinski definition) is 6. The van der Waals surface area contributed by atoms with Crippen LogP contribution >= 0.6 is 0 Å². The lowest BCUT2D eigenvalue weighted by Crippen LogP contribution is -2.31. The zero-order valence-electron chi connectivity index (χ0n) is 20.3. The summed E-state index contributed by atoms with van der Waals surface area (Å²) in [7, 11) is 5.68. The number of nitrogens with one attached hydrogen (secondary N) is 2. The van der Waals surface area contributed by atoms with Crippen LogP contribution in [0.3, 0.4) is 0 Å². The molecule has 2 aromatic heterocycles. The highest BCUT2D eigenvalue weighted by Crippen LogP contribution is 2.46. The van der Waals surface area contributed by atoms with E-state index in [0.717, 1.165) is 28.4 Å². The summed E-state index contributed by atoms with van der Waals surface area (Å²) in [4.78, 5) is 31.7. The molecule has 2 N–H and O–H groups in total. The summed E-state index contributed by atoms with van der Waals surface area (Å²) in [5.41, 5.74) is 3.71. The molecular formula is C27H26N4O5. The first kappa shape index (κ1) is 22.4. The number of aromatic amines is 1. The minimum Gasteiger partial charge on any atom is -0.454 e. The molecule has 1 unspecified atom stereocenters. The number of amides is 2. The van der Waals surface area contributed by atoms with Crippen LogP contribution in [0, 0.1) is 0 Å². The number of hydrogen-bond donors (Lipinski definition) is 2. The summed E-state index contributed by atoms with van der Waals surface area (Å²) in [6.45, 7) is 1.37. The molecule has 0 bridgehead atoms. The Bertz CT molecular complexity index is 1560. The highest BCUT2D eigenvalue weighted by Gasteiger charge is 2.36. The minimum absolute atomic E-state index is 0.0880. The topological polar surface area (TPSA) is 97.8 Å². The molecule has 4 aromatic rings. The van der Waals surface area contributed by atoms with Gasteiger partial charge in [-0.25, -0.2) is 0 Å². The van der Waals surface area contributed by atoms with E-state index >= 15 is 0 Å². The van der Waals surface area contributed by atoms with Crippen LogP contribution < -0.4 is 14.8 Å². The fraction of sp³-hybridized carbons (Fsp3) is 0.259. The summed E-state index contributed by atoms with van der Waals surface area (Å²) in [6, 6.07) is 11.5. The summed E-state index contributed by atoms with van der Waals surface area (Å²) >= 11 is 0. The number of para-hydroxylation sites is 1. The van der Waals surface area contributed by atoms with Gasteiger partial charge < -0.3 is 28.7 Å². The van der Waals surface area contributed by atoms with Gasteiger partial charge in [-0.15, -0.1) is 0 Å². The molecule has 2 aliphatic heterocycles. The molecule has 0 fully saturated rings. The second-order valence-electron chi connectivity index (χ2n) is 9.29. The number of aromatic nitrogens is 2. The van der Waals surface area contributed by atoms with Gasteiger partial charge in [-0.2, -0.15) is 0 Å². The van der Waals surface area contributed by atoms with Crippen molar-refractivity contribution in [3.8, 4) is 11.5 Å². The molecule has 2 aliphatic rings. The number of nitrogens with zero attached hydrogens (tertiary/aromatic N) is 2. The van der Waals surface area contributed by atoms with Crippen molar-refractivity contribution in [2.75, 3.05) is 34.5 Å². The number of imide groups is 1. The summed E-state index contributed by atoms with van der Waals surface area (Å²) in [5.74, 6) is 0.318. The predicted octanol–water partition coefficient (Wildman–Crippen LogP) is 3.00. The maximum Gasteiger partial charge on any atom is 0.259 e. The lowest BCUT2D eigenvalue weighted by atomic mass is 9.95. The van der Waals surface area contributed by atoms with Crippen LogP contribution in [0.1, 0.15) is 11.1 Å². The van der Waals surface area contributed by atoms with Gasteiger partial charge in [-0.05, 0) is 32.3 Å². The number of ether oxygens (including phenoxy) is 3. The van der Waals surface area contributed by atoms with E-state index in [-0.39, 0.29) is 12.9 Å². The van der Waals surface area contributed by atoms with Crippen molar-refractivity contribution in [2.24, 2.45) is 0 Å². The fourth-order valence-electron chi connectivity index (χ4n) is 5.17. The number of rotatable bonds is 7. The van der Waals surface area contributed by atoms with Crippen LogP contribution in [0.15, 0.2) is 48.8 Å². The number of carbonyl (C=O) groups is 2. The van der Waals surface area contributed by atoms with Crippen LogP contribution in [-0.4, -0.2) is 66.9 Å². The molecule has 36 heavy (non-hydrogen) atoms. The van der Waals surface area contributed by atoms with Crippen LogP contribution in [0.2, 0.25) is 0 Å². The molecule has 6 rings (SSSR count). The molecule has 0 saturated carbocycles. The Morgan fingerprint density at radius 3 is 2.61 bits per heavy atom. The third-order valence-corrected chi connectivity index (χ3v) is 6.74. The van der Waals surface area contributed by atoms with E-state index in [1.54, 1.807) is 13.3 Å². The van der Waals surface area contributed by atoms with Crippen molar-refractivity contribution >= 4 is 44.8 Å². The SMILES string of the molecule is COC(CN(C)C)Cn1cc(C2=C(c3c[nH]c4ccccc34)C(=O)NC2=O)c2c3c(ccc21)OCO3. The summed E-state index contributed by atoms with van der Waals surface area (Å²) < 4.78 is 19.3. The van der Waals surface area contributed by atoms with Crippen molar-refractivity contribution in [3.63, 3.8) is 0 Å². The third kappa shape index (κ3) is 3.47. The second kappa shape index (κ2) is 8.54. The second-order valence-corrected chi connectivity index (χ2v) is 9.29. The maximum absolute atomic E-state index is 13.3. The maximum atomic E-state index is 13.3. The number of H-pyrrole nitrogens is 1. The number of methoxy groups -OCH3 is 1. The zero-order chi connectivity index (χ0) is 25.0. The Morgan fingerprint density at radius 1 is 1.06 bits per heavy atom. The highest BCUT2D eigenvalue weighted by molar-refractivity contribution is 6.51. The van der Waals surface area contributed by atoms with Crippen molar-refractivity contribution in [3.05, 3.63) is 59.9 Å². The van der Waals surface area contributed by atoms with Gasteiger partial charge in [0.15, 0.2) is 11.5 Å². The minimum atomic E-state index is -0.438. The van der Waals surface area contributed by atoms with Crippen molar-refractivity contribution in [1.29, 1.82) is 0 Å². The van der Waals surface area contributed by atoms with Crippen molar-refractivity contribution in [2.45, 2.75) is 12.6 Å². The smallest absolute Gasteiger partial charge is 0.259 e. The molecule has 9 heteroatoms. The average molecular weight is 487 g/mol. The van der Waals surface area contributed by atoms with Crippen molar-refractivity contribution < 1.29 is 23.8 Å². The Labute approximate surface area is 207 Å². The first-order chi connectivity index (χ1) is 17.5. The molecule has 0 spiro atoms. The molecule has 184 valence electrons. The Hall–Kier alpha value is -4.08. The van der Waals surface area contributed by atoms with Gasteiger partial charge in [0.25, 0.3) is 11.8 Å². The molecule has 0 aliphatic carbocycles. The van der Waals surface area contributed by atoms with Crippen LogP contribution in [0.4, 0.5) is 0 Å². The van der Waals surface area contributed by atoms with E-state index in [0.29, 0.717) is 40.3 Å². The average Bonchev–Trinajstić information content (AvgIpc) is 3.62. The van der Waals surface area contributed by atoms with E-state index in [1.807, 2.05) is 56.7 Å². The third-order valence-electron chi connectivity index (χ3n) is 6.74. The first-order valence-corrected chi connectivity index (χ1v) is 11.7. The van der Waals surface area contributed by atoms with E-state index in [2.05, 4.69) is 19.8 Å². The van der Waals surface area contributed by atoms with Gasteiger partial charge in [0.05, 0.1) is 34.7 Å². The molecule has 1 atom stereocenters. The zero-order valence-corrected chi connectivity index (χ0v) is 20.3. The van der Waals surface area contributed by atoms with Gasteiger partial charge in [-0.1, -0.05) is 18.2 Å². The normalized spacial score (nSPS) is 16.1. The molecule has 2 aromatic carbocycles. The number of benzene rings is 2. The van der Waals surface area contributed by atoms with Crippen LogP contribution in [0.25, 0.3) is 33.0 Å². The number of fused-ring (bicyclic) bond motifs is 4. The number of carbonyl (C=O) groups excluding carboxylic acids is 2. The van der Waals surface area contributed by atoms with Gasteiger partial charge in [0.1, 0.15) is 0 Å². The van der Waals surface area contributed by atoms with E-state index in [1.165, 1.54) is 0 Å². The molecule has 0 radical (unpaired) electrons. The Kier molecular flexibility index (Phi) is 5.31.